The molecule has 0 atom stereocenters. The first-order valence-corrected chi connectivity index (χ1v) is 8.58. The maximum absolute atomic E-state index is 13.0. The lowest BCUT2D eigenvalue weighted by molar-refractivity contribution is 0.297. The molecule has 3 nitrogen and oxygen atoms in total. The van der Waals surface area contributed by atoms with E-state index < -0.39 is 9.05 Å². The van der Waals surface area contributed by atoms with Crippen LogP contribution in [0.5, 0.6) is 5.75 Å². The van der Waals surface area contributed by atoms with Gasteiger partial charge in [0.1, 0.15) is 23.1 Å². The van der Waals surface area contributed by atoms with Crippen molar-refractivity contribution < 1.29 is 17.5 Å². The van der Waals surface area contributed by atoms with Gasteiger partial charge in [-0.3, -0.25) is 0 Å². The van der Waals surface area contributed by atoms with Gasteiger partial charge in [0.2, 0.25) is 0 Å². The van der Waals surface area contributed by atoms with Crippen molar-refractivity contribution in [1.82, 2.24) is 0 Å². The van der Waals surface area contributed by atoms with Crippen molar-refractivity contribution in [2.75, 3.05) is 0 Å². The van der Waals surface area contributed by atoms with Crippen molar-refractivity contribution in [3.63, 3.8) is 0 Å². The van der Waals surface area contributed by atoms with Crippen molar-refractivity contribution in [1.29, 1.82) is 0 Å². The number of halogens is 3. The van der Waals surface area contributed by atoms with Crippen LogP contribution in [0.25, 0.3) is 0 Å². The molecular weight excluding hydrogens is 338 g/mol. The SMILES string of the molecule is Cc1cc(F)ccc1COc1ccc(Cl)cc1S(=O)(=O)Cl. The predicted molar refractivity (Wildman–Crippen MR) is 80.0 cm³/mol. The highest BCUT2D eigenvalue weighted by Gasteiger charge is 2.18. The molecule has 0 bridgehead atoms. The van der Waals surface area contributed by atoms with E-state index in [9.17, 15) is 12.8 Å². The third kappa shape index (κ3) is 4.09. The van der Waals surface area contributed by atoms with Gasteiger partial charge in [0.05, 0.1) is 0 Å². The van der Waals surface area contributed by atoms with E-state index in [1.54, 1.807) is 13.0 Å². The number of hydrogen-bond donors (Lipinski definition) is 0. The zero-order valence-electron chi connectivity index (χ0n) is 10.9. The molecule has 0 aliphatic carbocycles. The zero-order valence-corrected chi connectivity index (χ0v) is 13.3. The second kappa shape index (κ2) is 6.22. The summed E-state index contributed by atoms with van der Waals surface area (Å²) in [6.07, 6.45) is 0. The summed E-state index contributed by atoms with van der Waals surface area (Å²) >= 11 is 5.76. The minimum Gasteiger partial charge on any atom is -0.487 e. The fraction of sp³-hybridized carbons (Fsp3) is 0.143. The Morgan fingerprint density at radius 2 is 1.90 bits per heavy atom. The lowest BCUT2D eigenvalue weighted by Gasteiger charge is -2.11. The van der Waals surface area contributed by atoms with E-state index in [1.807, 2.05) is 0 Å². The normalized spacial score (nSPS) is 11.4. The quantitative estimate of drug-likeness (QED) is 0.774. The highest BCUT2D eigenvalue weighted by molar-refractivity contribution is 8.13. The molecule has 0 spiro atoms. The molecule has 0 amide bonds. The summed E-state index contributed by atoms with van der Waals surface area (Å²) in [5.41, 5.74) is 1.45. The average Bonchev–Trinajstić information content (AvgIpc) is 2.38. The van der Waals surface area contributed by atoms with Gasteiger partial charge in [-0.2, -0.15) is 0 Å². The largest absolute Gasteiger partial charge is 0.487 e. The minimum atomic E-state index is -3.97. The molecule has 0 saturated heterocycles. The third-order valence-electron chi connectivity index (χ3n) is 2.86. The van der Waals surface area contributed by atoms with Crippen LogP contribution in [0.3, 0.4) is 0 Å². The van der Waals surface area contributed by atoms with Crippen molar-refractivity contribution >= 4 is 31.3 Å². The second-order valence-electron chi connectivity index (χ2n) is 4.39. The summed E-state index contributed by atoms with van der Waals surface area (Å²) in [5, 5.41) is 0.236. The van der Waals surface area contributed by atoms with Crippen LogP contribution in [-0.4, -0.2) is 8.42 Å². The summed E-state index contributed by atoms with van der Waals surface area (Å²) in [5.74, 6) is -0.245. The lowest BCUT2D eigenvalue weighted by atomic mass is 10.1. The molecular formula is C14H11Cl2FO3S. The standard InChI is InChI=1S/C14H11Cl2FO3S/c1-9-6-12(17)4-2-10(9)8-20-13-5-3-11(15)7-14(13)21(16,18)19/h2-7H,8H2,1H3. The van der Waals surface area contributed by atoms with Crippen LogP contribution in [0.15, 0.2) is 41.3 Å². The monoisotopic (exact) mass is 348 g/mol. The van der Waals surface area contributed by atoms with Gasteiger partial charge < -0.3 is 4.74 Å². The van der Waals surface area contributed by atoms with E-state index in [1.165, 1.54) is 30.3 Å². The van der Waals surface area contributed by atoms with Gasteiger partial charge in [-0.25, -0.2) is 12.8 Å². The van der Waals surface area contributed by atoms with Crippen molar-refractivity contribution in [2.45, 2.75) is 18.4 Å². The summed E-state index contributed by atoms with van der Waals surface area (Å²) in [7, 11) is 1.38. The molecule has 0 heterocycles. The fourth-order valence-corrected chi connectivity index (χ4v) is 3.00. The molecule has 0 N–H and O–H groups in total. The number of aryl methyl sites for hydroxylation is 1. The first kappa shape index (κ1) is 16.1. The molecule has 21 heavy (non-hydrogen) atoms. The maximum atomic E-state index is 13.0. The second-order valence-corrected chi connectivity index (χ2v) is 7.36. The number of rotatable bonds is 4. The van der Waals surface area contributed by atoms with E-state index in [4.69, 9.17) is 27.0 Å². The number of ether oxygens (including phenoxy) is 1. The molecule has 112 valence electrons. The van der Waals surface area contributed by atoms with E-state index >= 15 is 0 Å². The van der Waals surface area contributed by atoms with Gasteiger partial charge in [-0.05, 0) is 48.4 Å². The van der Waals surface area contributed by atoms with Gasteiger partial charge in [-0.15, -0.1) is 0 Å². The van der Waals surface area contributed by atoms with E-state index in [2.05, 4.69) is 0 Å². The Kier molecular flexibility index (Phi) is 4.76. The van der Waals surface area contributed by atoms with E-state index in [-0.39, 0.29) is 28.1 Å². The molecule has 2 aromatic carbocycles. The molecule has 0 saturated carbocycles. The Balaban J connectivity index is 2.28. The molecule has 0 aliphatic rings. The third-order valence-corrected chi connectivity index (χ3v) is 4.43. The summed E-state index contributed by atoms with van der Waals surface area (Å²) in [4.78, 5) is -0.198. The van der Waals surface area contributed by atoms with Gasteiger partial charge in [0.25, 0.3) is 9.05 Å². The summed E-state index contributed by atoms with van der Waals surface area (Å²) in [6.45, 7) is 1.83. The zero-order chi connectivity index (χ0) is 15.6. The minimum absolute atomic E-state index is 0.0904. The summed E-state index contributed by atoms with van der Waals surface area (Å²) in [6, 6.07) is 8.41. The molecule has 0 unspecified atom stereocenters. The van der Waals surface area contributed by atoms with Crippen LogP contribution in [0.4, 0.5) is 4.39 Å². The van der Waals surface area contributed by atoms with Crippen LogP contribution >= 0.6 is 22.3 Å². The molecule has 0 aromatic heterocycles. The van der Waals surface area contributed by atoms with Crippen LogP contribution < -0.4 is 4.74 Å². The smallest absolute Gasteiger partial charge is 0.265 e. The van der Waals surface area contributed by atoms with Crippen LogP contribution in [0, 0.1) is 12.7 Å². The number of hydrogen-bond acceptors (Lipinski definition) is 3. The molecule has 0 fully saturated rings. The van der Waals surface area contributed by atoms with Gasteiger partial charge in [0, 0.05) is 15.7 Å². The Morgan fingerprint density at radius 1 is 1.19 bits per heavy atom. The van der Waals surface area contributed by atoms with E-state index in [0.29, 0.717) is 5.56 Å². The number of benzene rings is 2. The first-order chi connectivity index (χ1) is 9.77. The topological polar surface area (TPSA) is 43.4 Å². The molecule has 7 heteroatoms. The van der Waals surface area contributed by atoms with Crippen LogP contribution in [0.2, 0.25) is 5.02 Å². The van der Waals surface area contributed by atoms with Crippen molar-refractivity contribution in [2.24, 2.45) is 0 Å². The maximum Gasteiger partial charge on any atom is 0.265 e. The Labute approximate surface area is 131 Å². The first-order valence-electron chi connectivity index (χ1n) is 5.89. The van der Waals surface area contributed by atoms with Crippen LogP contribution in [-0.2, 0) is 15.7 Å². The van der Waals surface area contributed by atoms with Crippen molar-refractivity contribution in [3.8, 4) is 5.75 Å². The van der Waals surface area contributed by atoms with Crippen LogP contribution in [0.1, 0.15) is 11.1 Å². The molecule has 0 radical (unpaired) electrons. The van der Waals surface area contributed by atoms with Gasteiger partial charge in [-0.1, -0.05) is 17.7 Å². The lowest BCUT2D eigenvalue weighted by Crippen LogP contribution is -2.02. The molecule has 2 rings (SSSR count). The van der Waals surface area contributed by atoms with E-state index in [0.717, 1.165) is 5.56 Å². The Morgan fingerprint density at radius 3 is 2.52 bits per heavy atom. The average molecular weight is 349 g/mol. The predicted octanol–water partition coefficient (Wildman–Crippen LogP) is 4.29. The molecule has 0 aliphatic heterocycles. The highest BCUT2D eigenvalue weighted by Crippen LogP contribution is 2.30. The van der Waals surface area contributed by atoms with Crippen molar-refractivity contribution in [3.05, 3.63) is 58.4 Å². The van der Waals surface area contributed by atoms with Gasteiger partial charge in [0.15, 0.2) is 0 Å². The highest BCUT2D eigenvalue weighted by atomic mass is 35.7. The fourth-order valence-electron chi connectivity index (χ4n) is 1.77. The Hall–Kier alpha value is -1.30. The van der Waals surface area contributed by atoms with Gasteiger partial charge >= 0.3 is 0 Å². The molecule has 2 aromatic rings. The Bertz CT molecular complexity index is 776. The summed E-state index contributed by atoms with van der Waals surface area (Å²) < 4.78 is 41.5.